The van der Waals surface area contributed by atoms with E-state index in [4.69, 9.17) is 34.8 Å². The first kappa shape index (κ1) is 25.8. The molecule has 0 spiro atoms. The highest BCUT2D eigenvalue weighted by Gasteiger charge is 2.32. The zero-order valence-corrected chi connectivity index (χ0v) is 20.8. The highest BCUT2D eigenvalue weighted by molar-refractivity contribution is 6.36. The summed E-state index contributed by atoms with van der Waals surface area (Å²) in [6.07, 6.45) is 5.28. The van der Waals surface area contributed by atoms with Crippen molar-refractivity contribution in [3.8, 4) is 0 Å². The lowest BCUT2D eigenvalue weighted by Crippen LogP contribution is -2.52. The lowest BCUT2D eigenvalue weighted by Gasteiger charge is -2.33. The van der Waals surface area contributed by atoms with Crippen molar-refractivity contribution < 1.29 is 14.0 Å². The molecule has 0 aliphatic heterocycles. The van der Waals surface area contributed by atoms with E-state index in [-0.39, 0.29) is 35.5 Å². The van der Waals surface area contributed by atoms with Crippen molar-refractivity contribution in [2.75, 3.05) is 0 Å². The van der Waals surface area contributed by atoms with Gasteiger partial charge >= 0.3 is 0 Å². The van der Waals surface area contributed by atoms with Gasteiger partial charge in [0, 0.05) is 38.8 Å². The number of carbonyl (C=O) groups excluding carboxylic acids is 2. The normalized spacial score (nSPS) is 15.2. The van der Waals surface area contributed by atoms with Crippen LogP contribution in [-0.2, 0) is 22.6 Å². The molecule has 3 rings (SSSR count). The van der Waals surface area contributed by atoms with Crippen LogP contribution in [0.15, 0.2) is 36.4 Å². The third-order valence-corrected chi connectivity index (χ3v) is 7.18. The van der Waals surface area contributed by atoms with Crippen molar-refractivity contribution in [1.82, 2.24) is 10.2 Å². The summed E-state index contributed by atoms with van der Waals surface area (Å²) in [4.78, 5) is 28.2. The molecule has 1 N–H and O–H groups in total. The number of halogens is 4. The van der Waals surface area contributed by atoms with Crippen molar-refractivity contribution >= 4 is 46.6 Å². The second-order valence-corrected chi connectivity index (χ2v) is 9.59. The molecular formula is C25H28Cl3FN2O2. The van der Waals surface area contributed by atoms with Crippen molar-refractivity contribution in [3.05, 3.63) is 68.4 Å². The summed E-state index contributed by atoms with van der Waals surface area (Å²) in [7, 11) is 0. The lowest BCUT2D eigenvalue weighted by atomic mass is 9.95. The van der Waals surface area contributed by atoms with Gasteiger partial charge in [-0.15, -0.1) is 0 Å². The molecule has 2 amide bonds. The zero-order chi connectivity index (χ0) is 24.0. The third kappa shape index (κ3) is 6.62. The highest BCUT2D eigenvalue weighted by Crippen LogP contribution is 2.28. The number of rotatable bonds is 8. The van der Waals surface area contributed by atoms with Gasteiger partial charge in [0.15, 0.2) is 0 Å². The van der Waals surface area contributed by atoms with Crippen molar-refractivity contribution in [1.29, 1.82) is 0 Å². The second-order valence-electron chi connectivity index (χ2n) is 8.37. The smallest absolute Gasteiger partial charge is 0.243 e. The third-order valence-electron chi connectivity index (χ3n) is 6.12. The van der Waals surface area contributed by atoms with Crippen LogP contribution in [0.2, 0.25) is 15.1 Å². The van der Waals surface area contributed by atoms with Crippen LogP contribution in [0.1, 0.15) is 56.6 Å². The maximum Gasteiger partial charge on any atom is 0.243 e. The van der Waals surface area contributed by atoms with Gasteiger partial charge < -0.3 is 10.2 Å². The summed E-state index contributed by atoms with van der Waals surface area (Å²) in [6.45, 7) is 1.87. The summed E-state index contributed by atoms with van der Waals surface area (Å²) in [5.74, 6) is -1.21. The summed E-state index contributed by atoms with van der Waals surface area (Å²) in [6, 6.07) is 8.71. The highest BCUT2D eigenvalue weighted by atomic mass is 35.5. The standard InChI is InChI=1S/C25H28Cl3FN2O2/c1-2-23(25(33)30-16-8-4-3-5-9-16)31(15-18-20(27)10-6-11-21(18)28)24(32)14-17-19(26)12-7-13-22(17)29/h6-7,10-13,16,23H,2-5,8-9,14-15H2,1H3,(H,30,33). The molecule has 0 heterocycles. The van der Waals surface area contributed by atoms with Crippen LogP contribution >= 0.6 is 34.8 Å². The molecule has 178 valence electrons. The average molecular weight is 514 g/mol. The van der Waals surface area contributed by atoms with Gasteiger partial charge in [-0.1, -0.05) is 73.1 Å². The fourth-order valence-corrected chi connectivity index (χ4v) is 5.02. The van der Waals surface area contributed by atoms with Crippen LogP contribution in [0.3, 0.4) is 0 Å². The maximum absolute atomic E-state index is 14.4. The topological polar surface area (TPSA) is 49.4 Å². The molecule has 0 aromatic heterocycles. The van der Waals surface area contributed by atoms with Crippen LogP contribution in [-0.4, -0.2) is 28.8 Å². The first-order chi connectivity index (χ1) is 15.8. The Morgan fingerprint density at radius 1 is 1.00 bits per heavy atom. The average Bonchev–Trinajstić information content (AvgIpc) is 2.78. The van der Waals surface area contributed by atoms with Crippen molar-refractivity contribution in [2.24, 2.45) is 0 Å². The summed E-state index contributed by atoms with van der Waals surface area (Å²) < 4.78 is 14.4. The van der Waals surface area contributed by atoms with Gasteiger partial charge in [0.2, 0.25) is 11.8 Å². The number of hydrogen-bond donors (Lipinski definition) is 1. The molecular weight excluding hydrogens is 486 g/mol. The Hall–Kier alpha value is -1.82. The van der Waals surface area contributed by atoms with E-state index < -0.39 is 17.8 Å². The van der Waals surface area contributed by atoms with Crippen LogP contribution in [0, 0.1) is 5.82 Å². The fraction of sp³-hybridized carbons (Fsp3) is 0.440. The monoisotopic (exact) mass is 512 g/mol. The van der Waals surface area contributed by atoms with E-state index in [0.717, 1.165) is 25.7 Å². The molecule has 8 heteroatoms. The summed E-state index contributed by atoms with van der Waals surface area (Å²) in [5.41, 5.74) is 0.639. The first-order valence-corrected chi connectivity index (χ1v) is 12.4. The van der Waals surface area contributed by atoms with Gasteiger partial charge in [-0.25, -0.2) is 4.39 Å². The minimum atomic E-state index is -0.752. The Morgan fingerprint density at radius 3 is 2.15 bits per heavy atom. The van der Waals surface area contributed by atoms with E-state index in [0.29, 0.717) is 22.0 Å². The molecule has 1 atom stereocenters. The van der Waals surface area contributed by atoms with Crippen molar-refractivity contribution in [2.45, 2.75) is 70.5 Å². The van der Waals surface area contributed by atoms with E-state index in [9.17, 15) is 14.0 Å². The largest absolute Gasteiger partial charge is 0.352 e. The van der Waals surface area contributed by atoms with Gasteiger partial charge in [0.05, 0.1) is 6.42 Å². The van der Waals surface area contributed by atoms with E-state index in [2.05, 4.69) is 5.32 Å². The predicted molar refractivity (Wildman–Crippen MR) is 131 cm³/mol. The maximum atomic E-state index is 14.4. The van der Waals surface area contributed by atoms with Gasteiger partial charge in [0.1, 0.15) is 11.9 Å². The molecule has 2 aromatic carbocycles. The molecule has 0 bridgehead atoms. The lowest BCUT2D eigenvalue weighted by molar-refractivity contribution is -0.141. The number of hydrogen-bond acceptors (Lipinski definition) is 2. The Kier molecular flexibility index (Phi) is 9.42. The number of nitrogens with one attached hydrogen (secondary N) is 1. The van der Waals surface area contributed by atoms with Gasteiger partial charge in [-0.05, 0) is 43.5 Å². The number of amides is 2. The number of carbonyl (C=O) groups is 2. The first-order valence-electron chi connectivity index (χ1n) is 11.3. The minimum Gasteiger partial charge on any atom is -0.352 e. The Morgan fingerprint density at radius 2 is 1.58 bits per heavy atom. The van der Waals surface area contributed by atoms with Crippen LogP contribution in [0.4, 0.5) is 4.39 Å². The molecule has 1 aliphatic carbocycles. The van der Waals surface area contributed by atoms with Crippen molar-refractivity contribution in [3.63, 3.8) is 0 Å². The number of nitrogens with zero attached hydrogens (tertiary/aromatic N) is 1. The fourth-order valence-electron chi connectivity index (χ4n) is 4.27. The summed E-state index contributed by atoms with van der Waals surface area (Å²) >= 11 is 18.9. The molecule has 0 radical (unpaired) electrons. The molecule has 1 fully saturated rings. The SMILES string of the molecule is CCC(C(=O)NC1CCCCC1)N(Cc1c(Cl)cccc1Cl)C(=O)Cc1c(F)cccc1Cl. The van der Waals surface area contributed by atoms with Gasteiger partial charge in [0.25, 0.3) is 0 Å². The van der Waals surface area contributed by atoms with E-state index in [1.807, 2.05) is 6.92 Å². The minimum absolute atomic E-state index is 0.0278. The number of benzene rings is 2. The van der Waals surface area contributed by atoms with Crippen LogP contribution in [0.25, 0.3) is 0 Å². The molecule has 1 saturated carbocycles. The van der Waals surface area contributed by atoms with E-state index in [1.165, 1.54) is 29.5 Å². The van der Waals surface area contributed by atoms with Gasteiger partial charge in [-0.3, -0.25) is 9.59 Å². The quantitative estimate of drug-likeness (QED) is 0.433. The molecule has 33 heavy (non-hydrogen) atoms. The van der Waals surface area contributed by atoms with Crippen LogP contribution < -0.4 is 5.32 Å². The van der Waals surface area contributed by atoms with Crippen LogP contribution in [0.5, 0.6) is 0 Å². The summed E-state index contributed by atoms with van der Waals surface area (Å²) in [5, 5.41) is 4.06. The van der Waals surface area contributed by atoms with E-state index in [1.54, 1.807) is 18.2 Å². The molecule has 4 nitrogen and oxygen atoms in total. The van der Waals surface area contributed by atoms with Gasteiger partial charge in [-0.2, -0.15) is 0 Å². The Labute approximate surface area is 209 Å². The molecule has 0 saturated heterocycles. The second kappa shape index (κ2) is 12.0. The molecule has 1 aliphatic rings. The Balaban J connectivity index is 1.90. The predicted octanol–water partition coefficient (Wildman–Crippen LogP) is 6.58. The van der Waals surface area contributed by atoms with E-state index >= 15 is 0 Å². The zero-order valence-electron chi connectivity index (χ0n) is 18.6. The Bertz CT molecular complexity index is 955. The molecule has 1 unspecified atom stereocenters. The molecule has 2 aromatic rings.